The number of hydrogen-bond acceptors (Lipinski definition) is 2. The first-order chi connectivity index (χ1) is 14.2. The van der Waals surface area contributed by atoms with E-state index < -0.39 is 0 Å². The number of anilines is 1. The molecule has 0 aromatic heterocycles. The summed E-state index contributed by atoms with van der Waals surface area (Å²) in [5.41, 5.74) is 3.61. The molecule has 1 heterocycles. The molecule has 29 heavy (non-hydrogen) atoms. The predicted octanol–water partition coefficient (Wildman–Crippen LogP) is 4.72. The lowest BCUT2D eigenvalue weighted by Gasteiger charge is -2.36. The van der Waals surface area contributed by atoms with Gasteiger partial charge in [-0.2, -0.15) is 0 Å². The minimum atomic E-state index is -0.235. The number of nitrogens with zero attached hydrogens (tertiary/aromatic N) is 2. The summed E-state index contributed by atoms with van der Waals surface area (Å²) in [4.78, 5) is 17.5. The summed E-state index contributed by atoms with van der Waals surface area (Å²) in [7, 11) is 0. The minimum Gasteiger partial charge on any atom is -0.368 e. The van der Waals surface area contributed by atoms with Crippen LogP contribution in [0.25, 0.3) is 11.6 Å². The quantitative estimate of drug-likeness (QED) is 0.479. The molecule has 0 bridgehead atoms. The number of rotatable bonds is 4. The highest BCUT2D eigenvalue weighted by Gasteiger charge is 2.24. The maximum absolute atomic E-state index is 13.4. The number of hydrogen-bond donors (Lipinski definition) is 0. The zero-order chi connectivity index (χ0) is 20.1. The molecule has 4 heteroatoms. The second-order valence-corrected chi connectivity index (χ2v) is 7.09. The Morgan fingerprint density at radius 2 is 1.34 bits per heavy atom. The Morgan fingerprint density at radius 1 is 0.759 bits per heavy atom. The van der Waals surface area contributed by atoms with Crippen LogP contribution >= 0.6 is 0 Å². The van der Waals surface area contributed by atoms with Gasteiger partial charge in [0.25, 0.3) is 5.91 Å². The van der Waals surface area contributed by atoms with Crippen molar-refractivity contribution in [2.24, 2.45) is 0 Å². The first kappa shape index (κ1) is 18.9. The third-order valence-electron chi connectivity index (χ3n) is 5.18. The molecule has 1 amide bonds. The number of benzene rings is 3. The van der Waals surface area contributed by atoms with Crippen LogP contribution in [0.3, 0.4) is 0 Å². The predicted molar refractivity (Wildman–Crippen MR) is 116 cm³/mol. The lowest BCUT2D eigenvalue weighted by molar-refractivity contribution is -0.125. The highest BCUT2D eigenvalue weighted by atomic mass is 19.1. The number of carbonyl (C=O) groups excluding carboxylic acids is 1. The molecule has 3 aromatic rings. The van der Waals surface area contributed by atoms with Crippen molar-refractivity contribution in [1.29, 1.82) is 0 Å². The zero-order valence-corrected chi connectivity index (χ0v) is 16.2. The van der Waals surface area contributed by atoms with Crippen molar-refractivity contribution >= 4 is 23.2 Å². The average Bonchev–Trinajstić information content (AvgIpc) is 2.79. The smallest absolute Gasteiger partial charge is 0.254 e. The average molecular weight is 386 g/mol. The largest absolute Gasteiger partial charge is 0.368 e. The van der Waals surface area contributed by atoms with E-state index in [1.54, 1.807) is 12.1 Å². The normalized spacial score (nSPS) is 14.7. The fraction of sp³-hybridized carbons (Fsp3) is 0.160. The lowest BCUT2D eigenvalue weighted by atomic mass is 10.0. The molecular weight excluding hydrogens is 363 g/mol. The highest BCUT2D eigenvalue weighted by molar-refractivity contribution is 6.24. The molecule has 0 atom stereocenters. The zero-order valence-electron chi connectivity index (χ0n) is 16.2. The number of carbonyl (C=O) groups is 1. The van der Waals surface area contributed by atoms with Crippen molar-refractivity contribution in [2.45, 2.75) is 0 Å². The summed E-state index contributed by atoms with van der Waals surface area (Å²) in [5, 5.41) is 0. The van der Waals surface area contributed by atoms with E-state index in [4.69, 9.17) is 0 Å². The van der Waals surface area contributed by atoms with Gasteiger partial charge in [-0.15, -0.1) is 0 Å². The van der Waals surface area contributed by atoms with E-state index in [-0.39, 0.29) is 11.7 Å². The maximum Gasteiger partial charge on any atom is 0.254 e. The second kappa shape index (κ2) is 8.74. The molecular formula is C25H23FN2O. The first-order valence-electron chi connectivity index (χ1n) is 9.83. The fourth-order valence-electron chi connectivity index (χ4n) is 3.59. The Labute approximate surface area is 170 Å². The summed E-state index contributed by atoms with van der Waals surface area (Å²) >= 11 is 0. The standard InChI is InChI=1S/C25H23FN2O/c26-22-11-13-23(14-12-22)27-15-17-28(18-16-27)25(29)24(21-9-5-2-6-10-21)19-20-7-3-1-4-8-20/h1-14,19H,15-18H2/b24-19-. The Hall–Kier alpha value is -3.40. The minimum absolute atomic E-state index is 0.0406. The molecule has 3 aromatic carbocycles. The van der Waals surface area contributed by atoms with Crippen LogP contribution in [0.4, 0.5) is 10.1 Å². The molecule has 0 aliphatic carbocycles. The summed E-state index contributed by atoms with van der Waals surface area (Å²) in [6.07, 6.45) is 1.96. The van der Waals surface area contributed by atoms with Gasteiger partial charge in [0.1, 0.15) is 5.82 Å². The maximum atomic E-state index is 13.4. The molecule has 0 N–H and O–H groups in total. The molecule has 1 aliphatic heterocycles. The van der Waals surface area contributed by atoms with E-state index in [2.05, 4.69) is 4.90 Å². The summed E-state index contributed by atoms with van der Waals surface area (Å²) < 4.78 is 13.2. The van der Waals surface area contributed by atoms with Crippen molar-refractivity contribution < 1.29 is 9.18 Å². The van der Waals surface area contributed by atoms with E-state index in [1.165, 1.54) is 12.1 Å². The van der Waals surface area contributed by atoms with E-state index in [1.807, 2.05) is 71.6 Å². The number of piperazine rings is 1. The van der Waals surface area contributed by atoms with Crippen LogP contribution < -0.4 is 4.90 Å². The van der Waals surface area contributed by atoms with E-state index in [0.717, 1.165) is 29.9 Å². The van der Waals surface area contributed by atoms with Gasteiger partial charge in [0, 0.05) is 37.4 Å². The van der Waals surface area contributed by atoms with Crippen LogP contribution in [0.1, 0.15) is 11.1 Å². The molecule has 1 fully saturated rings. The van der Waals surface area contributed by atoms with Crippen LogP contribution in [0.15, 0.2) is 84.9 Å². The molecule has 146 valence electrons. The summed E-state index contributed by atoms with van der Waals surface area (Å²) in [6, 6.07) is 26.3. The first-order valence-corrected chi connectivity index (χ1v) is 9.83. The Kier molecular flexibility index (Phi) is 5.71. The van der Waals surface area contributed by atoms with Gasteiger partial charge in [-0.3, -0.25) is 4.79 Å². The van der Waals surface area contributed by atoms with Crippen molar-refractivity contribution in [3.05, 3.63) is 102 Å². The molecule has 0 saturated carbocycles. The van der Waals surface area contributed by atoms with Crippen LogP contribution in [0, 0.1) is 5.82 Å². The van der Waals surface area contributed by atoms with E-state index >= 15 is 0 Å². The Bertz CT molecular complexity index is 976. The van der Waals surface area contributed by atoms with Crippen molar-refractivity contribution in [3.63, 3.8) is 0 Å². The fourth-order valence-corrected chi connectivity index (χ4v) is 3.59. The SMILES string of the molecule is O=C(/C(=C\c1ccccc1)c1ccccc1)N1CCN(c2ccc(F)cc2)CC1. The van der Waals surface area contributed by atoms with Crippen LogP contribution in [0.5, 0.6) is 0 Å². The van der Waals surface area contributed by atoms with Gasteiger partial charge in [-0.25, -0.2) is 4.39 Å². The third-order valence-corrected chi connectivity index (χ3v) is 5.18. The number of halogens is 1. The molecule has 0 unspecified atom stereocenters. The molecule has 0 radical (unpaired) electrons. The molecule has 1 aliphatic rings. The Morgan fingerprint density at radius 3 is 1.97 bits per heavy atom. The van der Waals surface area contributed by atoms with Gasteiger partial charge in [0.15, 0.2) is 0 Å². The number of amides is 1. The van der Waals surface area contributed by atoms with Crippen molar-refractivity contribution in [3.8, 4) is 0 Å². The Balaban J connectivity index is 1.53. The van der Waals surface area contributed by atoms with E-state index in [0.29, 0.717) is 18.7 Å². The molecule has 3 nitrogen and oxygen atoms in total. The molecule has 1 saturated heterocycles. The lowest BCUT2D eigenvalue weighted by Crippen LogP contribution is -2.49. The monoisotopic (exact) mass is 386 g/mol. The molecule has 0 spiro atoms. The van der Waals surface area contributed by atoms with Gasteiger partial charge in [0.05, 0.1) is 0 Å². The second-order valence-electron chi connectivity index (χ2n) is 7.09. The van der Waals surface area contributed by atoms with Crippen molar-refractivity contribution in [2.75, 3.05) is 31.1 Å². The third kappa shape index (κ3) is 4.54. The topological polar surface area (TPSA) is 23.6 Å². The highest BCUT2D eigenvalue weighted by Crippen LogP contribution is 2.23. The van der Waals surface area contributed by atoms with Crippen LogP contribution in [0.2, 0.25) is 0 Å². The van der Waals surface area contributed by atoms with Gasteiger partial charge >= 0.3 is 0 Å². The van der Waals surface area contributed by atoms with Gasteiger partial charge in [-0.1, -0.05) is 60.7 Å². The molecule has 4 rings (SSSR count). The van der Waals surface area contributed by atoms with E-state index in [9.17, 15) is 9.18 Å². The van der Waals surface area contributed by atoms with Gasteiger partial charge in [-0.05, 0) is 41.5 Å². The van der Waals surface area contributed by atoms with Gasteiger partial charge in [0.2, 0.25) is 0 Å². The summed E-state index contributed by atoms with van der Waals surface area (Å²) in [5.74, 6) is -0.195. The summed E-state index contributed by atoms with van der Waals surface area (Å²) in [6.45, 7) is 2.72. The van der Waals surface area contributed by atoms with Crippen LogP contribution in [-0.2, 0) is 4.79 Å². The van der Waals surface area contributed by atoms with Crippen molar-refractivity contribution in [1.82, 2.24) is 4.90 Å². The van der Waals surface area contributed by atoms with Gasteiger partial charge < -0.3 is 9.80 Å². The van der Waals surface area contributed by atoms with Crippen LogP contribution in [-0.4, -0.2) is 37.0 Å².